The van der Waals surface area contributed by atoms with E-state index in [1.807, 2.05) is 13.0 Å². The molecule has 0 aliphatic carbocycles. The average Bonchev–Trinajstić information content (AvgIpc) is 3.08. The molecule has 24 heavy (non-hydrogen) atoms. The quantitative estimate of drug-likeness (QED) is 0.887. The molecule has 0 radical (unpaired) electrons. The molecule has 2 aliphatic heterocycles. The van der Waals surface area contributed by atoms with Crippen LogP contribution in [0.5, 0.6) is 0 Å². The van der Waals surface area contributed by atoms with E-state index in [0.717, 1.165) is 43.8 Å². The maximum Gasteiger partial charge on any atom is 0.224 e. The van der Waals surface area contributed by atoms with E-state index in [9.17, 15) is 4.79 Å². The molecule has 1 unspecified atom stereocenters. The molecule has 3 heterocycles. The van der Waals surface area contributed by atoms with Crippen molar-refractivity contribution in [3.63, 3.8) is 0 Å². The smallest absolute Gasteiger partial charge is 0.224 e. The number of piperidine rings is 2. The van der Waals surface area contributed by atoms with Crippen molar-refractivity contribution in [2.45, 2.75) is 51.6 Å². The second kappa shape index (κ2) is 8.12. The van der Waals surface area contributed by atoms with E-state index < -0.39 is 0 Å². The standard InChI is InChI=1S/C18H30N4O2/c1-3-15-11-17(24-20-15)12-19-18(23)14-5-4-8-22(13-14)16-6-9-21(2)10-7-16/h11,14,16H,3-10,12-13H2,1-2H3,(H,19,23). The Morgan fingerprint density at radius 3 is 2.83 bits per heavy atom. The molecule has 1 amide bonds. The highest BCUT2D eigenvalue weighted by Gasteiger charge is 2.31. The molecule has 6 heteroatoms. The lowest BCUT2D eigenvalue weighted by Crippen LogP contribution is -2.50. The van der Waals surface area contributed by atoms with Crippen molar-refractivity contribution in [1.82, 2.24) is 20.3 Å². The molecule has 2 saturated heterocycles. The number of rotatable bonds is 5. The van der Waals surface area contributed by atoms with Crippen LogP contribution in [0.2, 0.25) is 0 Å². The van der Waals surface area contributed by atoms with Gasteiger partial charge in [-0.25, -0.2) is 0 Å². The minimum absolute atomic E-state index is 0.104. The zero-order chi connectivity index (χ0) is 16.9. The lowest BCUT2D eigenvalue weighted by atomic mass is 9.93. The summed E-state index contributed by atoms with van der Waals surface area (Å²) >= 11 is 0. The van der Waals surface area contributed by atoms with E-state index in [1.54, 1.807) is 0 Å². The zero-order valence-electron chi connectivity index (χ0n) is 15.0. The summed E-state index contributed by atoms with van der Waals surface area (Å²) in [6.45, 7) is 6.86. The van der Waals surface area contributed by atoms with Crippen molar-refractivity contribution in [1.29, 1.82) is 0 Å². The van der Waals surface area contributed by atoms with Crippen LogP contribution in [0, 0.1) is 5.92 Å². The number of likely N-dealkylation sites (tertiary alicyclic amines) is 2. The number of aromatic nitrogens is 1. The summed E-state index contributed by atoms with van der Waals surface area (Å²) in [7, 11) is 2.19. The maximum atomic E-state index is 12.5. The molecule has 1 aromatic rings. The Balaban J connectivity index is 1.47. The van der Waals surface area contributed by atoms with Gasteiger partial charge in [-0.1, -0.05) is 12.1 Å². The Morgan fingerprint density at radius 2 is 2.12 bits per heavy atom. The minimum Gasteiger partial charge on any atom is -0.359 e. The molecule has 134 valence electrons. The molecule has 1 aromatic heterocycles. The molecule has 3 rings (SSSR count). The van der Waals surface area contributed by atoms with Gasteiger partial charge in [-0.05, 0) is 58.8 Å². The van der Waals surface area contributed by atoms with Crippen LogP contribution in [0.3, 0.4) is 0 Å². The Labute approximate surface area is 144 Å². The van der Waals surface area contributed by atoms with E-state index in [1.165, 1.54) is 25.9 Å². The first-order valence-electron chi connectivity index (χ1n) is 9.30. The molecule has 0 spiro atoms. The van der Waals surface area contributed by atoms with E-state index in [4.69, 9.17) is 4.52 Å². The highest BCUT2D eigenvalue weighted by atomic mass is 16.5. The summed E-state index contributed by atoms with van der Waals surface area (Å²) in [6.07, 6.45) is 5.41. The predicted octanol–water partition coefficient (Wildman–Crippen LogP) is 1.66. The largest absolute Gasteiger partial charge is 0.359 e. The maximum absolute atomic E-state index is 12.5. The molecule has 6 nitrogen and oxygen atoms in total. The number of nitrogens with one attached hydrogen (secondary N) is 1. The van der Waals surface area contributed by atoms with Crippen molar-refractivity contribution in [2.75, 3.05) is 33.2 Å². The second-order valence-electron chi connectivity index (χ2n) is 7.22. The third-order valence-corrected chi connectivity index (χ3v) is 5.43. The van der Waals surface area contributed by atoms with Crippen LogP contribution in [0.1, 0.15) is 44.1 Å². The van der Waals surface area contributed by atoms with Crippen LogP contribution < -0.4 is 5.32 Å². The van der Waals surface area contributed by atoms with Crippen molar-refractivity contribution in [3.8, 4) is 0 Å². The number of hydrogen-bond acceptors (Lipinski definition) is 5. The molecule has 1 N–H and O–H groups in total. The Kier molecular flexibility index (Phi) is 5.89. The van der Waals surface area contributed by atoms with Gasteiger partial charge in [0.15, 0.2) is 5.76 Å². The van der Waals surface area contributed by atoms with E-state index >= 15 is 0 Å². The lowest BCUT2D eigenvalue weighted by Gasteiger charge is -2.41. The second-order valence-corrected chi connectivity index (χ2v) is 7.22. The molecular formula is C18H30N4O2. The summed E-state index contributed by atoms with van der Waals surface area (Å²) < 4.78 is 5.24. The van der Waals surface area contributed by atoms with Crippen molar-refractivity contribution in [2.24, 2.45) is 5.92 Å². The van der Waals surface area contributed by atoms with Crippen molar-refractivity contribution in [3.05, 3.63) is 17.5 Å². The van der Waals surface area contributed by atoms with Crippen LogP contribution in [0.15, 0.2) is 10.6 Å². The Morgan fingerprint density at radius 1 is 1.33 bits per heavy atom. The summed E-state index contributed by atoms with van der Waals surface area (Å²) in [5.41, 5.74) is 0.936. The Hall–Kier alpha value is -1.40. The van der Waals surface area contributed by atoms with Gasteiger partial charge in [-0.15, -0.1) is 0 Å². The lowest BCUT2D eigenvalue weighted by molar-refractivity contribution is -0.127. The number of carbonyl (C=O) groups is 1. The summed E-state index contributed by atoms with van der Waals surface area (Å²) in [5, 5.41) is 7.00. The summed E-state index contributed by atoms with van der Waals surface area (Å²) in [4.78, 5) is 17.5. The van der Waals surface area contributed by atoms with Crippen LogP contribution in [-0.4, -0.2) is 60.1 Å². The van der Waals surface area contributed by atoms with E-state index in [-0.39, 0.29) is 11.8 Å². The fraction of sp³-hybridized carbons (Fsp3) is 0.778. The Bertz CT molecular complexity index is 537. The molecule has 0 bridgehead atoms. The van der Waals surface area contributed by atoms with E-state index in [2.05, 4.69) is 27.3 Å². The zero-order valence-corrected chi connectivity index (χ0v) is 15.0. The molecule has 1 atom stereocenters. The van der Waals surface area contributed by atoms with Gasteiger partial charge in [-0.3, -0.25) is 9.69 Å². The van der Waals surface area contributed by atoms with Gasteiger partial charge in [0.05, 0.1) is 18.2 Å². The van der Waals surface area contributed by atoms with Gasteiger partial charge in [0.1, 0.15) is 0 Å². The van der Waals surface area contributed by atoms with Crippen LogP contribution in [0.25, 0.3) is 0 Å². The van der Waals surface area contributed by atoms with E-state index in [0.29, 0.717) is 12.6 Å². The number of carbonyl (C=O) groups excluding carboxylic acids is 1. The first kappa shape index (κ1) is 17.4. The van der Waals surface area contributed by atoms with Gasteiger partial charge in [-0.2, -0.15) is 0 Å². The number of nitrogens with zero attached hydrogens (tertiary/aromatic N) is 3. The van der Waals surface area contributed by atoms with Crippen molar-refractivity contribution >= 4 is 5.91 Å². The summed E-state index contributed by atoms with van der Waals surface area (Å²) in [5.74, 6) is 0.997. The number of amides is 1. The first-order valence-corrected chi connectivity index (χ1v) is 9.30. The first-order chi connectivity index (χ1) is 11.7. The predicted molar refractivity (Wildman–Crippen MR) is 92.5 cm³/mol. The van der Waals surface area contributed by atoms with Crippen LogP contribution >= 0.6 is 0 Å². The third kappa shape index (κ3) is 4.36. The van der Waals surface area contributed by atoms with Crippen LogP contribution in [0.4, 0.5) is 0 Å². The molecule has 2 aliphatic rings. The normalized spacial score (nSPS) is 24.2. The van der Waals surface area contributed by atoms with Gasteiger partial charge in [0, 0.05) is 18.7 Å². The fourth-order valence-corrected chi connectivity index (χ4v) is 3.84. The fourth-order valence-electron chi connectivity index (χ4n) is 3.84. The topological polar surface area (TPSA) is 61.6 Å². The average molecular weight is 334 g/mol. The highest BCUT2D eigenvalue weighted by molar-refractivity contribution is 5.78. The third-order valence-electron chi connectivity index (χ3n) is 5.43. The summed E-state index contributed by atoms with van der Waals surface area (Å²) in [6, 6.07) is 2.57. The SMILES string of the molecule is CCc1cc(CNC(=O)C2CCCN(C3CCN(C)CC3)C2)on1. The minimum atomic E-state index is 0.104. The van der Waals surface area contributed by atoms with Gasteiger partial charge >= 0.3 is 0 Å². The van der Waals surface area contributed by atoms with Gasteiger partial charge in [0.25, 0.3) is 0 Å². The monoisotopic (exact) mass is 334 g/mol. The number of aryl methyl sites for hydroxylation is 1. The van der Waals surface area contributed by atoms with Gasteiger partial charge in [0.2, 0.25) is 5.91 Å². The van der Waals surface area contributed by atoms with Crippen LogP contribution in [-0.2, 0) is 17.8 Å². The molecular weight excluding hydrogens is 304 g/mol. The molecule has 2 fully saturated rings. The highest BCUT2D eigenvalue weighted by Crippen LogP contribution is 2.23. The van der Waals surface area contributed by atoms with Gasteiger partial charge < -0.3 is 14.7 Å². The number of hydrogen-bond donors (Lipinski definition) is 1. The molecule has 0 saturated carbocycles. The molecule has 0 aromatic carbocycles. The van der Waals surface area contributed by atoms with Crippen molar-refractivity contribution < 1.29 is 9.32 Å².